The maximum atomic E-state index is 11.7. The van der Waals surface area contributed by atoms with E-state index in [1.807, 2.05) is 13.1 Å². The van der Waals surface area contributed by atoms with E-state index >= 15 is 0 Å². The lowest BCUT2D eigenvalue weighted by Gasteiger charge is -2.21. The molecule has 0 radical (unpaired) electrons. The van der Waals surface area contributed by atoms with Gasteiger partial charge in [0.2, 0.25) is 0 Å². The van der Waals surface area contributed by atoms with Crippen molar-refractivity contribution < 1.29 is 9.53 Å². The summed E-state index contributed by atoms with van der Waals surface area (Å²) in [7, 11) is 2.00. The van der Waals surface area contributed by atoms with Crippen molar-refractivity contribution in [2.45, 2.75) is 13.3 Å². The molecule has 4 nitrogen and oxygen atoms in total. The molecule has 0 aliphatic carbocycles. The number of carbonyl (C=O) groups excluding carboxylic acids is 1. The summed E-state index contributed by atoms with van der Waals surface area (Å²) in [6.45, 7) is 3.03. The molecule has 0 aliphatic heterocycles. The molecule has 21 heavy (non-hydrogen) atoms. The minimum atomic E-state index is -0.336. The van der Waals surface area contributed by atoms with Gasteiger partial charge in [-0.25, -0.2) is 4.79 Å². The van der Waals surface area contributed by atoms with Crippen molar-refractivity contribution in [1.29, 1.82) is 0 Å². The fourth-order valence-corrected chi connectivity index (χ4v) is 2.79. The first-order valence-electron chi connectivity index (χ1n) is 6.92. The second kappa shape index (κ2) is 7.13. The number of nitrogens with zero attached hydrogens (tertiary/aromatic N) is 1. The van der Waals surface area contributed by atoms with E-state index in [0.717, 1.165) is 18.7 Å². The first-order valence-corrected chi connectivity index (χ1v) is 7.80. The third-order valence-electron chi connectivity index (χ3n) is 3.22. The van der Waals surface area contributed by atoms with Gasteiger partial charge in [0.05, 0.1) is 23.5 Å². The molecule has 0 unspecified atom stereocenters. The minimum Gasteiger partial charge on any atom is -0.462 e. The zero-order valence-corrected chi connectivity index (χ0v) is 13.2. The zero-order valence-electron chi connectivity index (χ0n) is 12.3. The molecule has 112 valence electrons. The molecule has 1 aromatic carbocycles. The van der Waals surface area contributed by atoms with Gasteiger partial charge < -0.3 is 15.4 Å². The van der Waals surface area contributed by atoms with Crippen molar-refractivity contribution in [3.8, 4) is 0 Å². The Morgan fingerprint density at radius 2 is 2.19 bits per heavy atom. The molecule has 2 aromatic rings. The average Bonchev–Trinajstić information content (AvgIpc) is 2.98. The lowest BCUT2D eigenvalue weighted by molar-refractivity contribution is 0.0526. The Morgan fingerprint density at radius 1 is 1.38 bits per heavy atom. The van der Waals surface area contributed by atoms with Crippen LogP contribution < -0.4 is 10.6 Å². The molecule has 0 amide bonds. The van der Waals surface area contributed by atoms with Crippen LogP contribution in [0.5, 0.6) is 0 Å². The molecule has 1 aromatic heterocycles. The second-order valence-electron chi connectivity index (χ2n) is 4.74. The summed E-state index contributed by atoms with van der Waals surface area (Å²) in [6.07, 6.45) is 0.979. The van der Waals surface area contributed by atoms with Crippen LogP contribution in [0.2, 0.25) is 0 Å². The Hall–Kier alpha value is -2.01. The molecule has 0 saturated heterocycles. The van der Waals surface area contributed by atoms with Gasteiger partial charge >= 0.3 is 5.97 Å². The lowest BCUT2D eigenvalue weighted by atomic mass is 10.1. The Morgan fingerprint density at radius 3 is 2.81 bits per heavy atom. The molecule has 0 bridgehead atoms. The highest BCUT2D eigenvalue weighted by atomic mass is 32.1. The standard InChI is InChI=1S/C16H20N2O2S/c1-3-20-16(19)12-6-7-15(14(17)11-12)18(2)9-8-13-5-4-10-21-13/h4-7,10-11H,3,8-9,17H2,1-2H3. The normalized spacial score (nSPS) is 10.4. The van der Waals surface area contributed by atoms with Gasteiger partial charge in [-0.15, -0.1) is 11.3 Å². The average molecular weight is 304 g/mol. The predicted molar refractivity (Wildman–Crippen MR) is 88.1 cm³/mol. The largest absolute Gasteiger partial charge is 0.462 e. The highest BCUT2D eigenvalue weighted by molar-refractivity contribution is 7.09. The van der Waals surface area contributed by atoms with Gasteiger partial charge in [-0.3, -0.25) is 0 Å². The lowest BCUT2D eigenvalue weighted by Crippen LogP contribution is -2.21. The van der Waals surface area contributed by atoms with Crippen molar-refractivity contribution in [1.82, 2.24) is 0 Å². The number of nitrogen functional groups attached to an aromatic ring is 1. The van der Waals surface area contributed by atoms with E-state index < -0.39 is 0 Å². The Bertz CT molecular complexity index is 596. The third-order valence-corrected chi connectivity index (χ3v) is 4.16. The van der Waals surface area contributed by atoms with Gasteiger partial charge in [0.15, 0.2) is 0 Å². The molecular weight excluding hydrogens is 284 g/mol. The van der Waals surface area contributed by atoms with Gasteiger partial charge in [0, 0.05) is 18.5 Å². The van der Waals surface area contributed by atoms with Crippen molar-refractivity contribution in [3.63, 3.8) is 0 Å². The van der Waals surface area contributed by atoms with Crippen LogP contribution in [0, 0.1) is 0 Å². The van der Waals surface area contributed by atoms with Gasteiger partial charge in [-0.05, 0) is 43.0 Å². The number of ether oxygens (including phenoxy) is 1. The highest BCUT2D eigenvalue weighted by Gasteiger charge is 2.11. The Labute approximate surface area is 129 Å². The maximum absolute atomic E-state index is 11.7. The molecule has 0 saturated carbocycles. The van der Waals surface area contributed by atoms with Crippen molar-refractivity contribution in [2.24, 2.45) is 0 Å². The fraction of sp³-hybridized carbons (Fsp3) is 0.312. The molecular formula is C16H20N2O2S. The number of hydrogen-bond donors (Lipinski definition) is 1. The zero-order chi connectivity index (χ0) is 15.2. The van der Waals surface area contributed by atoms with Gasteiger partial charge in [0.1, 0.15) is 0 Å². The summed E-state index contributed by atoms with van der Waals surface area (Å²) in [5, 5.41) is 2.08. The van der Waals surface area contributed by atoms with Crippen molar-refractivity contribution >= 4 is 28.7 Å². The van der Waals surface area contributed by atoms with Crippen LogP contribution in [0.15, 0.2) is 35.7 Å². The van der Waals surface area contributed by atoms with E-state index in [1.165, 1.54) is 4.88 Å². The van der Waals surface area contributed by atoms with Crippen LogP contribution in [0.1, 0.15) is 22.2 Å². The first-order chi connectivity index (χ1) is 10.1. The van der Waals surface area contributed by atoms with Gasteiger partial charge in [0.25, 0.3) is 0 Å². The topological polar surface area (TPSA) is 55.6 Å². The fourth-order valence-electron chi connectivity index (χ4n) is 2.10. The summed E-state index contributed by atoms with van der Waals surface area (Å²) in [5.41, 5.74) is 8.07. The Kier molecular flexibility index (Phi) is 5.22. The second-order valence-corrected chi connectivity index (χ2v) is 5.78. The molecule has 2 N–H and O–H groups in total. The van der Waals surface area contributed by atoms with Crippen LogP contribution >= 0.6 is 11.3 Å². The van der Waals surface area contributed by atoms with E-state index in [-0.39, 0.29) is 5.97 Å². The summed E-state index contributed by atoms with van der Waals surface area (Å²) in [6, 6.07) is 9.49. The van der Waals surface area contributed by atoms with Gasteiger partial charge in [-0.2, -0.15) is 0 Å². The molecule has 0 fully saturated rings. The molecule has 0 atom stereocenters. The first kappa shape index (κ1) is 15.4. The van der Waals surface area contributed by atoms with Crippen LogP contribution in [0.4, 0.5) is 11.4 Å². The smallest absolute Gasteiger partial charge is 0.338 e. The number of esters is 1. The summed E-state index contributed by atoms with van der Waals surface area (Å²) >= 11 is 1.76. The van der Waals surface area contributed by atoms with E-state index in [2.05, 4.69) is 22.4 Å². The number of likely N-dealkylation sites (N-methyl/N-ethyl adjacent to an activating group) is 1. The van der Waals surface area contributed by atoms with Crippen LogP contribution in [0.3, 0.4) is 0 Å². The summed E-state index contributed by atoms with van der Waals surface area (Å²) in [4.78, 5) is 15.1. The Balaban J connectivity index is 2.04. The molecule has 1 heterocycles. The third kappa shape index (κ3) is 3.98. The van der Waals surface area contributed by atoms with Crippen LogP contribution in [-0.4, -0.2) is 26.2 Å². The molecule has 0 spiro atoms. The quantitative estimate of drug-likeness (QED) is 0.658. The number of carbonyl (C=O) groups is 1. The molecule has 5 heteroatoms. The maximum Gasteiger partial charge on any atom is 0.338 e. The number of thiophene rings is 1. The van der Waals surface area contributed by atoms with E-state index in [0.29, 0.717) is 17.9 Å². The number of nitrogens with two attached hydrogens (primary N) is 1. The van der Waals surface area contributed by atoms with Crippen LogP contribution in [0.25, 0.3) is 0 Å². The van der Waals surface area contributed by atoms with Gasteiger partial charge in [-0.1, -0.05) is 6.07 Å². The van der Waals surface area contributed by atoms with E-state index in [1.54, 1.807) is 30.4 Å². The van der Waals surface area contributed by atoms with Crippen molar-refractivity contribution in [3.05, 3.63) is 46.2 Å². The predicted octanol–water partition coefficient (Wildman–Crippen LogP) is 3.19. The monoisotopic (exact) mass is 304 g/mol. The summed E-state index contributed by atoms with van der Waals surface area (Å²) < 4.78 is 4.97. The van der Waals surface area contributed by atoms with E-state index in [4.69, 9.17) is 10.5 Å². The SMILES string of the molecule is CCOC(=O)c1ccc(N(C)CCc2cccs2)c(N)c1. The number of rotatable bonds is 6. The van der Waals surface area contributed by atoms with E-state index in [9.17, 15) is 4.79 Å². The highest BCUT2D eigenvalue weighted by Crippen LogP contribution is 2.24. The minimum absolute atomic E-state index is 0.336. The number of hydrogen-bond acceptors (Lipinski definition) is 5. The van der Waals surface area contributed by atoms with Crippen LogP contribution in [-0.2, 0) is 11.2 Å². The molecule has 0 aliphatic rings. The summed E-state index contributed by atoms with van der Waals surface area (Å²) in [5.74, 6) is -0.336. The van der Waals surface area contributed by atoms with Crippen molar-refractivity contribution in [2.75, 3.05) is 30.8 Å². The number of benzene rings is 1. The molecule has 2 rings (SSSR count). The number of anilines is 2.